The molecule has 6 nitrogen and oxygen atoms in total. The molecule has 1 fully saturated rings. The van der Waals surface area contributed by atoms with Crippen LogP contribution in [0.1, 0.15) is 5.56 Å². The van der Waals surface area contributed by atoms with Gasteiger partial charge in [-0.25, -0.2) is 9.37 Å². The molecular formula is C17H17Cl2F4N3O3. The average Bonchev–Trinajstić information content (AvgIpc) is 2.64. The summed E-state index contributed by atoms with van der Waals surface area (Å²) in [5.74, 6) is -1.60. The fourth-order valence-corrected chi connectivity index (χ4v) is 2.35. The Bertz CT molecular complexity index is 817. The highest BCUT2D eigenvalue weighted by Gasteiger charge is 2.30. The zero-order chi connectivity index (χ0) is 19.4. The molecule has 2 heterocycles. The summed E-state index contributed by atoms with van der Waals surface area (Å²) < 4.78 is 62.0. The fraction of sp³-hybridized carbons (Fsp3) is 0.294. The van der Waals surface area contributed by atoms with Gasteiger partial charge in [0.15, 0.2) is 11.6 Å². The molecular weight excluding hydrogens is 441 g/mol. The van der Waals surface area contributed by atoms with Crippen LogP contribution in [0.2, 0.25) is 0 Å². The molecule has 1 unspecified atom stereocenters. The largest absolute Gasteiger partial charge is 0.436 e. The van der Waals surface area contributed by atoms with Crippen LogP contribution in [0, 0.1) is 5.82 Å². The maximum atomic E-state index is 14.2. The molecule has 1 atom stereocenters. The Morgan fingerprint density at radius 3 is 2.55 bits per heavy atom. The predicted molar refractivity (Wildman–Crippen MR) is 101 cm³/mol. The van der Waals surface area contributed by atoms with Gasteiger partial charge < -0.3 is 20.1 Å². The highest BCUT2D eigenvalue weighted by molar-refractivity contribution is 5.95. The van der Waals surface area contributed by atoms with E-state index in [-0.39, 0.29) is 54.6 Å². The lowest BCUT2D eigenvalue weighted by atomic mass is 10.2. The highest BCUT2D eigenvalue weighted by atomic mass is 35.5. The third-order valence-electron chi connectivity index (χ3n) is 3.72. The van der Waals surface area contributed by atoms with Crippen molar-refractivity contribution in [2.24, 2.45) is 0 Å². The Morgan fingerprint density at radius 1 is 1.24 bits per heavy atom. The quantitative estimate of drug-likeness (QED) is 0.683. The Hall–Kier alpha value is -2.14. The van der Waals surface area contributed by atoms with Crippen LogP contribution < -0.4 is 15.4 Å². The molecule has 0 radical (unpaired) electrons. The first-order valence-corrected chi connectivity index (χ1v) is 7.95. The van der Waals surface area contributed by atoms with Gasteiger partial charge in [-0.15, -0.1) is 24.8 Å². The average molecular weight is 458 g/mol. The molecule has 1 amide bonds. The maximum absolute atomic E-state index is 14.2. The van der Waals surface area contributed by atoms with E-state index in [0.29, 0.717) is 19.3 Å². The molecule has 0 aliphatic carbocycles. The Morgan fingerprint density at radius 2 is 2.00 bits per heavy atom. The topological polar surface area (TPSA) is 72.5 Å². The number of carbonyl (C=O) groups is 1. The third kappa shape index (κ3) is 6.70. The van der Waals surface area contributed by atoms with Crippen molar-refractivity contribution in [2.45, 2.75) is 12.2 Å². The van der Waals surface area contributed by atoms with Crippen LogP contribution in [0.3, 0.4) is 0 Å². The number of halogens is 6. The molecule has 1 aliphatic rings. The van der Waals surface area contributed by atoms with E-state index in [4.69, 9.17) is 9.47 Å². The van der Waals surface area contributed by atoms with E-state index in [9.17, 15) is 22.4 Å². The number of anilines is 1. The minimum absolute atomic E-state index is 0. The van der Waals surface area contributed by atoms with Crippen molar-refractivity contribution in [3.05, 3.63) is 47.9 Å². The van der Waals surface area contributed by atoms with E-state index >= 15 is 0 Å². The van der Waals surface area contributed by atoms with Gasteiger partial charge in [0, 0.05) is 30.6 Å². The summed E-state index contributed by atoms with van der Waals surface area (Å²) in [5, 5.41) is 5.52. The second kappa shape index (κ2) is 10.6. The van der Waals surface area contributed by atoms with Gasteiger partial charge in [-0.3, -0.25) is 4.79 Å². The number of aromatic nitrogens is 1. The molecule has 12 heteroatoms. The van der Waals surface area contributed by atoms with Crippen LogP contribution in [0.4, 0.5) is 23.2 Å². The van der Waals surface area contributed by atoms with Crippen LogP contribution in [-0.4, -0.2) is 36.7 Å². The van der Waals surface area contributed by atoms with Gasteiger partial charge in [0.1, 0.15) is 6.04 Å². The summed E-state index contributed by atoms with van der Waals surface area (Å²) in [5.41, 5.74) is -0.730. The number of rotatable bonds is 4. The molecule has 1 aliphatic heterocycles. The number of benzene rings is 1. The first kappa shape index (κ1) is 24.9. The van der Waals surface area contributed by atoms with Crippen molar-refractivity contribution >= 4 is 36.4 Å². The Labute approximate surface area is 175 Å². The van der Waals surface area contributed by atoms with Gasteiger partial charge in [-0.1, -0.05) is 0 Å². The number of hydrogen-bond donors (Lipinski definition) is 2. The zero-order valence-corrected chi connectivity index (χ0v) is 16.3. The number of hydrogen-bond acceptors (Lipinski definition) is 5. The van der Waals surface area contributed by atoms with E-state index in [1.165, 1.54) is 12.1 Å². The lowest BCUT2D eigenvalue weighted by Gasteiger charge is -2.22. The lowest BCUT2D eigenvalue weighted by molar-refractivity contribution is -0.137. The summed E-state index contributed by atoms with van der Waals surface area (Å²) in [6, 6.07) is 4.94. The molecule has 1 aromatic heterocycles. The summed E-state index contributed by atoms with van der Waals surface area (Å²) in [4.78, 5) is 15.6. The molecule has 0 bridgehead atoms. The lowest BCUT2D eigenvalue weighted by Crippen LogP contribution is -2.48. The number of nitrogens with one attached hydrogen (secondary N) is 2. The Balaban J connectivity index is 0.00000210. The van der Waals surface area contributed by atoms with Crippen LogP contribution in [-0.2, 0) is 15.7 Å². The third-order valence-corrected chi connectivity index (χ3v) is 3.72. The molecule has 29 heavy (non-hydrogen) atoms. The second-order valence-corrected chi connectivity index (χ2v) is 5.70. The van der Waals surface area contributed by atoms with Crippen LogP contribution in [0.5, 0.6) is 11.6 Å². The Kier molecular flexibility index (Phi) is 9.09. The molecule has 3 rings (SSSR count). The summed E-state index contributed by atoms with van der Waals surface area (Å²) >= 11 is 0. The van der Waals surface area contributed by atoms with Gasteiger partial charge in [-0.05, 0) is 18.2 Å². The SMILES string of the molecule is Cl.Cl.O=C(Nc1ccc(Oc2ccc(C(F)(F)F)cn2)c(F)c1)C1COCCN1. The number of amides is 1. The van der Waals surface area contributed by atoms with Crippen molar-refractivity contribution in [3.8, 4) is 11.6 Å². The van der Waals surface area contributed by atoms with Crippen molar-refractivity contribution in [1.82, 2.24) is 10.3 Å². The van der Waals surface area contributed by atoms with E-state index in [2.05, 4.69) is 15.6 Å². The van der Waals surface area contributed by atoms with Crippen molar-refractivity contribution in [3.63, 3.8) is 0 Å². The minimum atomic E-state index is -4.52. The van der Waals surface area contributed by atoms with Crippen LogP contribution in [0.25, 0.3) is 0 Å². The van der Waals surface area contributed by atoms with Crippen molar-refractivity contribution < 1.29 is 31.8 Å². The maximum Gasteiger partial charge on any atom is 0.417 e. The molecule has 0 saturated carbocycles. The second-order valence-electron chi connectivity index (χ2n) is 5.70. The van der Waals surface area contributed by atoms with Gasteiger partial charge in [0.05, 0.1) is 18.8 Å². The first-order chi connectivity index (χ1) is 12.8. The summed E-state index contributed by atoms with van der Waals surface area (Å²) in [6.07, 6.45) is -3.92. The van der Waals surface area contributed by atoms with Gasteiger partial charge in [-0.2, -0.15) is 13.2 Å². The summed E-state index contributed by atoms with van der Waals surface area (Å²) in [7, 11) is 0. The molecule has 1 aromatic carbocycles. The molecule has 1 saturated heterocycles. The van der Waals surface area contributed by atoms with Crippen molar-refractivity contribution in [1.29, 1.82) is 0 Å². The highest BCUT2D eigenvalue weighted by Crippen LogP contribution is 2.31. The van der Waals surface area contributed by atoms with Crippen LogP contribution >= 0.6 is 24.8 Å². The number of nitrogens with zero attached hydrogens (tertiary/aromatic N) is 1. The number of morpholine rings is 1. The minimum Gasteiger partial charge on any atom is -0.436 e. The van der Waals surface area contributed by atoms with E-state index in [1.807, 2.05) is 0 Å². The van der Waals surface area contributed by atoms with Crippen LogP contribution in [0.15, 0.2) is 36.5 Å². The van der Waals surface area contributed by atoms with E-state index < -0.39 is 23.6 Å². The predicted octanol–water partition coefficient (Wildman–Crippen LogP) is 3.80. The van der Waals surface area contributed by atoms with Crippen molar-refractivity contribution in [2.75, 3.05) is 25.1 Å². The molecule has 160 valence electrons. The van der Waals surface area contributed by atoms with Gasteiger partial charge >= 0.3 is 6.18 Å². The smallest absolute Gasteiger partial charge is 0.417 e. The van der Waals surface area contributed by atoms with E-state index in [0.717, 1.165) is 18.2 Å². The first-order valence-electron chi connectivity index (χ1n) is 7.95. The van der Waals surface area contributed by atoms with Gasteiger partial charge in [0.2, 0.25) is 11.8 Å². The number of alkyl halides is 3. The summed E-state index contributed by atoms with van der Waals surface area (Å²) in [6.45, 7) is 1.27. The number of ether oxygens (including phenoxy) is 2. The molecule has 2 N–H and O–H groups in total. The van der Waals surface area contributed by atoms with E-state index in [1.54, 1.807) is 0 Å². The number of pyridine rings is 1. The fourth-order valence-electron chi connectivity index (χ4n) is 2.35. The monoisotopic (exact) mass is 457 g/mol. The van der Waals surface area contributed by atoms with Gasteiger partial charge in [0.25, 0.3) is 0 Å². The molecule has 0 spiro atoms. The standard InChI is InChI=1S/C17H15F4N3O3.2ClH/c18-12-7-11(24-16(25)13-9-26-6-5-22-13)2-3-14(12)27-15-4-1-10(8-23-15)17(19,20)21;;/h1-4,7-8,13,22H,5-6,9H2,(H,24,25);2*1H. The zero-order valence-electron chi connectivity index (χ0n) is 14.7. The normalized spacial score (nSPS) is 16.2. The number of carbonyl (C=O) groups excluding carboxylic acids is 1. The molecule has 2 aromatic rings.